The van der Waals surface area contributed by atoms with Crippen molar-refractivity contribution in [3.8, 4) is 0 Å². The largest absolute Gasteiger partial charge is 0.385 e. The van der Waals surface area contributed by atoms with E-state index in [-0.39, 0.29) is 23.9 Å². The molecule has 1 aliphatic rings. The van der Waals surface area contributed by atoms with Crippen molar-refractivity contribution in [2.24, 2.45) is 0 Å². The van der Waals surface area contributed by atoms with Crippen LogP contribution in [0.4, 0.5) is 10.1 Å². The molecular formula is C17H15ClFNO. The summed E-state index contributed by atoms with van der Waals surface area (Å²) in [6, 6.07) is 12.0. The first kappa shape index (κ1) is 14.1. The Kier molecular flexibility index (Phi) is 3.93. The average Bonchev–Trinajstić information content (AvgIpc) is 2.49. The van der Waals surface area contributed by atoms with Gasteiger partial charge < -0.3 is 5.32 Å². The second-order valence-electron chi connectivity index (χ2n) is 5.23. The highest BCUT2D eigenvalue weighted by molar-refractivity contribution is 6.31. The van der Waals surface area contributed by atoms with Crippen LogP contribution in [0.3, 0.4) is 0 Å². The highest BCUT2D eigenvalue weighted by atomic mass is 35.5. The number of Topliss-reactive ketones (excluding diaryl/α,β-unsaturated/α-hetero) is 1. The Morgan fingerprint density at radius 1 is 1.29 bits per heavy atom. The molecule has 108 valence electrons. The fraction of sp³-hybridized carbons (Fsp3) is 0.235. The van der Waals surface area contributed by atoms with Crippen molar-refractivity contribution in [1.29, 1.82) is 0 Å². The maximum Gasteiger partial charge on any atom is 0.144 e. The van der Waals surface area contributed by atoms with Gasteiger partial charge in [-0.25, -0.2) is 4.39 Å². The van der Waals surface area contributed by atoms with Crippen LogP contribution < -0.4 is 5.32 Å². The molecule has 0 bridgehead atoms. The van der Waals surface area contributed by atoms with E-state index in [1.54, 1.807) is 6.07 Å². The molecule has 1 N–H and O–H groups in total. The molecule has 21 heavy (non-hydrogen) atoms. The number of rotatable bonds is 3. The van der Waals surface area contributed by atoms with E-state index in [4.69, 9.17) is 11.6 Å². The Bertz CT molecular complexity index is 686. The molecule has 1 heterocycles. The van der Waals surface area contributed by atoms with Gasteiger partial charge in [-0.05, 0) is 35.7 Å². The molecule has 0 amide bonds. The number of carbonyl (C=O) groups is 1. The van der Waals surface area contributed by atoms with E-state index < -0.39 is 0 Å². The van der Waals surface area contributed by atoms with E-state index >= 15 is 0 Å². The van der Waals surface area contributed by atoms with Crippen LogP contribution in [-0.4, -0.2) is 12.3 Å². The van der Waals surface area contributed by atoms with Crippen molar-refractivity contribution in [3.63, 3.8) is 0 Å². The van der Waals surface area contributed by atoms with Gasteiger partial charge in [-0.1, -0.05) is 35.9 Å². The zero-order valence-corrected chi connectivity index (χ0v) is 12.2. The number of fused-ring (bicyclic) bond motifs is 1. The van der Waals surface area contributed by atoms with Crippen molar-refractivity contribution in [2.45, 2.75) is 18.8 Å². The van der Waals surface area contributed by atoms with E-state index in [1.165, 1.54) is 12.1 Å². The summed E-state index contributed by atoms with van der Waals surface area (Å²) in [5.41, 5.74) is 2.73. The molecule has 2 aromatic carbocycles. The molecular weight excluding hydrogens is 289 g/mol. The standard InChI is InChI=1S/C17H15ClFNO/c18-15-10-12(19)6-5-11(15)9-17(21)14-7-8-20-16-4-2-1-3-13(14)16/h1-6,10,14,20H,7-9H2. The second-order valence-corrected chi connectivity index (χ2v) is 5.64. The SMILES string of the molecule is O=C(Cc1ccc(F)cc1Cl)C1CCNc2ccccc21. The smallest absolute Gasteiger partial charge is 0.144 e. The van der Waals surface area contributed by atoms with Crippen LogP contribution in [0.1, 0.15) is 23.5 Å². The van der Waals surface area contributed by atoms with Crippen molar-refractivity contribution in [1.82, 2.24) is 0 Å². The third kappa shape index (κ3) is 2.93. The summed E-state index contributed by atoms with van der Waals surface area (Å²) in [5, 5.41) is 3.61. The van der Waals surface area contributed by atoms with Crippen molar-refractivity contribution in [3.05, 3.63) is 64.4 Å². The average molecular weight is 304 g/mol. The molecule has 0 spiro atoms. The number of halogens is 2. The number of anilines is 1. The van der Waals surface area contributed by atoms with E-state index in [1.807, 2.05) is 24.3 Å². The Labute approximate surface area is 127 Å². The van der Waals surface area contributed by atoms with Crippen LogP contribution >= 0.6 is 11.6 Å². The lowest BCUT2D eigenvalue weighted by Gasteiger charge is -2.25. The van der Waals surface area contributed by atoms with Crippen LogP contribution in [0.2, 0.25) is 5.02 Å². The lowest BCUT2D eigenvalue weighted by Crippen LogP contribution is -2.24. The predicted octanol–water partition coefficient (Wildman–Crippen LogP) is 4.19. The maximum atomic E-state index is 13.1. The minimum Gasteiger partial charge on any atom is -0.385 e. The third-order valence-corrected chi connectivity index (χ3v) is 4.20. The number of benzene rings is 2. The number of hydrogen-bond acceptors (Lipinski definition) is 2. The predicted molar refractivity (Wildman–Crippen MR) is 82.4 cm³/mol. The summed E-state index contributed by atoms with van der Waals surface area (Å²) in [6.45, 7) is 0.782. The van der Waals surface area contributed by atoms with Gasteiger partial charge in [0.15, 0.2) is 0 Å². The zero-order valence-electron chi connectivity index (χ0n) is 11.4. The number of nitrogens with one attached hydrogen (secondary N) is 1. The molecule has 0 aromatic heterocycles. The van der Waals surface area contributed by atoms with Gasteiger partial charge in [0, 0.05) is 29.6 Å². The van der Waals surface area contributed by atoms with E-state index in [2.05, 4.69) is 5.32 Å². The van der Waals surface area contributed by atoms with Gasteiger partial charge >= 0.3 is 0 Å². The van der Waals surface area contributed by atoms with Crippen LogP contribution in [0, 0.1) is 5.82 Å². The molecule has 0 radical (unpaired) electrons. The molecule has 1 unspecified atom stereocenters. The number of carbonyl (C=O) groups excluding carboxylic acids is 1. The normalized spacial score (nSPS) is 17.0. The quantitative estimate of drug-likeness (QED) is 0.921. The first-order valence-electron chi connectivity index (χ1n) is 6.94. The summed E-state index contributed by atoms with van der Waals surface area (Å²) in [7, 11) is 0. The van der Waals surface area contributed by atoms with Crippen LogP contribution in [0.25, 0.3) is 0 Å². The third-order valence-electron chi connectivity index (χ3n) is 3.85. The summed E-state index contributed by atoms with van der Waals surface area (Å²) >= 11 is 6.01. The first-order valence-corrected chi connectivity index (χ1v) is 7.32. The fourth-order valence-electron chi connectivity index (χ4n) is 2.78. The minimum atomic E-state index is -0.386. The Hall–Kier alpha value is -1.87. The van der Waals surface area contributed by atoms with Gasteiger partial charge in [0.25, 0.3) is 0 Å². The maximum absolute atomic E-state index is 13.1. The monoisotopic (exact) mass is 303 g/mol. The highest BCUT2D eigenvalue weighted by Gasteiger charge is 2.26. The highest BCUT2D eigenvalue weighted by Crippen LogP contribution is 2.33. The summed E-state index contributed by atoms with van der Waals surface area (Å²) in [6.07, 6.45) is 1.01. The fourth-order valence-corrected chi connectivity index (χ4v) is 3.01. The lowest BCUT2D eigenvalue weighted by atomic mass is 9.85. The van der Waals surface area contributed by atoms with E-state index in [0.717, 1.165) is 24.2 Å². The van der Waals surface area contributed by atoms with Gasteiger partial charge in [-0.2, -0.15) is 0 Å². The van der Waals surface area contributed by atoms with Crippen molar-refractivity contribution < 1.29 is 9.18 Å². The Morgan fingerprint density at radius 2 is 2.10 bits per heavy atom. The van der Waals surface area contributed by atoms with Gasteiger partial charge in [-0.3, -0.25) is 4.79 Å². The number of ketones is 1. The molecule has 1 atom stereocenters. The summed E-state index contributed by atoms with van der Waals surface area (Å²) < 4.78 is 13.1. The van der Waals surface area contributed by atoms with Crippen molar-refractivity contribution in [2.75, 3.05) is 11.9 Å². The molecule has 0 fully saturated rings. The van der Waals surface area contributed by atoms with Gasteiger partial charge in [-0.15, -0.1) is 0 Å². The molecule has 4 heteroatoms. The van der Waals surface area contributed by atoms with Crippen molar-refractivity contribution >= 4 is 23.1 Å². The first-order chi connectivity index (χ1) is 10.1. The summed E-state index contributed by atoms with van der Waals surface area (Å²) in [5.74, 6) is -0.385. The van der Waals surface area contributed by atoms with Crippen LogP contribution in [-0.2, 0) is 11.2 Å². The molecule has 3 rings (SSSR count). The van der Waals surface area contributed by atoms with Gasteiger partial charge in [0.1, 0.15) is 11.6 Å². The van der Waals surface area contributed by atoms with Crippen LogP contribution in [0.5, 0.6) is 0 Å². The Balaban J connectivity index is 1.83. The second kappa shape index (κ2) is 5.86. The Morgan fingerprint density at radius 3 is 2.90 bits per heavy atom. The topological polar surface area (TPSA) is 29.1 Å². The van der Waals surface area contributed by atoms with Gasteiger partial charge in [0.05, 0.1) is 0 Å². The molecule has 2 aromatic rings. The minimum absolute atomic E-state index is 0.122. The molecule has 0 saturated carbocycles. The van der Waals surface area contributed by atoms with E-state index in [0.29, 0.717) is 10.6 Å². The molecule has 1 aliphatic heterocycles. The summed E-state index contributed by atoms with van der Waals surface area (Å²) in [4.78, 5) is 12.6. The van der Waals surface area contributed by atoms with Crippen LogP contribution in [0.15, 0.2) is 42.5 Å². The molecule has 0 saturated heterocycles. The number of para-hydroxylation sites is 1. The number of hydrogen-bond donors (Lipinski definition) is 1. The molecule has 0 aliphatic carbocycles. The molecule has 2 nitrogen and oxygen atoms in total. The van der Waals surface area contributed by atoms with Gasteiger partial charge in [0.2, 0.25) is 0 Å². The van der Waals surface area contributed by atoms with E-state index in [9.17, 15) is 9.18 Å². The lowest BCUT2D eigenvalue weighted by molar-refractivity contribution is -0.120. The zero-order chi connectivity index (χ0) is 14.8.